The van der Waals surface area contributed by atoms with Crippen LogP contribution in [0.25, 0.3) is 10.9 Å². The normalized spacial score (nSPS) is 18.2. The maximum Gasteiger partial charge on any atom is 0.224 e. The maximum atomic E-state index is 4.77. The van der Waals surface area contributed by atoms with Gasteiger partial charge in [-0.2, -0.15) is 4.98 Å². The fourth-order valence-corrected chi connectivity index (χ4v) is 2.76. The van der Waals surface area contributed by atoms with Crippen LogP contribution < -0.4 is 10.2 Å². The van der Waals surface area contributed by atoms with Crippen LogP contribution in [0.3, 0.4) is 0 Å². The molecule has 2 saturated carbocycles. The Bertz CT molecular complexity index is 631. The van der Waals surface area contributed by atoms with Crippen LogP contribution in [0.2, 0.25) is 0 Å². The van der Waals surface area contributed by atoms with Crippen LogP contribution in [0.4, 0.5) is 11.8 Å². The van der Waals surface area contributed by atoms with Crippen LogP contribution >= 0.6 is 0 Å². The second kappa shape index (κ2) is 4.62. The summed E-state index contributed by atoms with van der Waals surface area (Å²) in [6.07, 6.45) is 5.37. The highest BCUT2D eigenvalue weighted by Crippen LogP contribution is 2.39. The Morgan fingerprint density at radius 3 is 2.65 bits per heavy atom. The fourth-order valence-electron chi connectivity index (χ4n) is 2.76. The van der Waals surface area contributed by atoms with Gasteiger partial charge in [0.25, 0.3) is 0 Å². The molecule has 0 amide bonds. The summed E-state index contributed by atoms with van der Waals surface area (Å²) in [4.78, 5) is 11.9. The highest BCUT2D eigenvalue weighted by molar-refractivity contribution is 5.90. The Hall–Kier alpha value is -1.84. The van der Waals surface area contributed by atoms with Gasteiger partial charge >= 0.3 is 0 Å². The summed E-state index contributed by atoms with van der Waals surface area (Å²) < 4.78 is 0. The molecule has 1 aromatic heterocycles. The lowest BCUT2D eigenvalue weighted by Crippen LogP contribution is -2.29. The second-order valence-corrected chi connectivity index (χ2v) is 5.96. The molecule has 4 heteroatoms. The molecule has 0 unspecified atom stereocenters. The smallest absolute Gasteiger partial charge is 0.224 e. The molecule has 2 aliphatic carbocycles. The molecular formula is C16H20N4. The van der Waals surface area contributed by atoms with Crippen molar-refractivity contribution in [3.05, 3.63) is 24.3 Å². The average Bonchev–Trinajstić information content (AvgIpc) is 3.37. The number of para-hydroxylation sites is 1. The molecule has 1 N–H and O–H groups in total. The van der Waals surface area contributed by atoms with Crippen molar-refractivity contribution in [1.82, 2.24) is 9.97 Å². The van der Waals surface area contributed by atoms with Crippen molar-refractivity contribution < 1.29 is 0 Å². The first-order valence-corrected chi connectivity index (χ1v) is 7.56. The van der Waals surface area contributed by atoms with Crippen LogP contribution in [-0.2, 0) is 0 Å². The molecule has 0 saturated heterocycles. The van der Waals surface area contributed by atoms with Gasteiger partial charge in [-0.3, -0.25) is 0 Å². The van der Waals surface area contributed by atoms with E-state index in [9.17, 15) is 0 Å². The first kappa shape index (κ1) is 11.9. The van der Waals surface area contributed by atoms with Gasteiger partial charge in [0.05, 0.1) is 5.52 Å². The number of hydrogen-bond acceptors (Lipinski definition) is 4. The number of nitrogens with one attached hydrogen (secondary N) is 1. The molecule has 20 heavy (non-hydrogen) atoms. The van der Waals surface area contributed by atoms with Crippen molar-refractivity contribution >= 4 is 22.7 Å². The summed E-state index contributed by atoms with van der Waals surface area (Å²) in [5.41, 5.74) is 1.03. The van der Waals surface area contributed by atoms with Crippen LogP contribution in [0.1, 0.15) is 25.7 Å². The first-order chi connectivity index (χ1) is 9.85. The maximum absolute atomic E-state index is 4.77. The standard InChI is InChI=1S/C16H20N4/c1-17-16-18-14-5-3-2-4-13(14)15(19-16)20(12-8-9-12)10-11-6-7-11/h2-5,11-12H,6-10H2,1H3,(H,17,18,19). The van der Waals surface area contributed by atoms with Gasteiger partial charge in [0, 0.05) is 25.0 Å². The van der Waals surface area contributed by atoms with Gasteiger partial charge in [0.15, 0.2) is 0 Å². The van der Waals surface area contributed by atoms with E-state index in [1.54, 1.807) is 0 Å². The number of benzene rings is 1. The predicted octanol–water partition coefficient (Wildman–Crippen LogP) is 3.05. The number of aromatic nitrogens is 2. The van der Waals surface area contributed by atoms with E-state index in [0.29, 0.717) is 6.04 Å². The third kappa shape index (κ3) is 2.19. The highest BCUT2D eigenvalue weighted by atomic mass is 15.3. The molecule has 0 radical (unpaired) electrons. The van der Waals surface area contributed by atoms with Gasteiger partial charge in [-0.15, -0.1) is 0 Å². The van der Waals surface area contributed by atoms with Crippen LogP contribution in [0.15, 0.2) is 24.3 Å². The predicted molar refractivity (Wildman–Crippen MR) is 82.2 cm³/mol. The van der Waals surface area contributed by atoms with Crippen molar-refractivity contribution in [2.75, 3.05) is 23.8 Å². The summed E-state index contributed by atoms with van der Waals surface area (Å²) in [6.45, 7) is 1.16. The molecule has 2 fully saturated rings. The van der Waals surface area contributed by atoms with E-state index >= 15 is 0 Å². The Balaban J connectivity index is 1.82. The number of rotatable bonds is 5. The van der Waals surface area contributed by atoms with Gasteiger partial charge in [0.2, 0.25) is 5.95 Å². The zero-order chi connectivity index (χ0) is 13.5. The average molecular weight is 268 g/mol. The molecule has 2 aliphatic rings. The molecule has 2 aromatic rings. The van der Waals surface area contributed by atoms with Crippen molar-refractivity contribution in [3.8, 4) is 0 Å². The summed E-state index contributed by atoms with van der Waals surface area (Å²) in [5.74, 6) is 2.72. The molecule has 0 atom stereocenters. The van der Waals surface area contributed by atoms with E-state index in [1.807, 2.05) is 13.1 Å². The molecule has 0 spiro atoms. The largest absolute Gasteiger partial charge is 0.357 e. The summed E-state index contributed by atoms with van der Waals surface area (Å²) in [6, 6.07) is 9.03. The lowest BCUT2D eigenvalue weighted by Gasteiger charge is -2.25. The Morgan fingerprint density at radius 1 is 1.15 bits per heavy atom. The first-order valence-electron chi connectivity index (χ1n) is 7.56. The number of nitrogens with zero attached hydrogens (tertiary/aromatic N) is 3. The summed E-state index contributed by atoms with van der Waals surface area (Å²) in [7, 11) is 1.89. The molecule has 0 bridgehead atoms. The molecule has 1 heterocycles. The topological polar surface area (TPSA) is 41.1 Å². The Morgan fingerprint density at radius 2 is 1.95 bits per heavy atom. The van der Waals surface area contributed by atoms with Crippen molar-refractivity contribution in [3.63, 3.8) is 0 Å². The van der Waals surface area contributed by atoms with Gasteiger partial charge < -0.3 is 10.2 Å². The molecule has 4 rings (SSSR count). The van der Waals surface area contributed by atoms with E-state index < -0.39 is 0 Å². The number of fused-ring (bicyclic) bond motifs is 1. The van der Waals surface area contributed by atoms with Gasteiger partial charge in [0.1, 0.15) is 5.82 Å². The van der Waals surface area contributed by atoms with E-state index in [4.69, 9.17) is 4.98 Å². The van der Waals surface area contributed by atoms with Gasteiger partial charge in [-0.1, -0.05) is 12.1 Å². The minimum atomic E-state index is 0.693. The lowest BCUT2D eigenvalue weighted by molar-refractivity contribution is 0.711. The van der Waals surface area contributed by atoms with Gasteiger partial charge in [-0.05, 0) is 43.7 Å². The minimum absolute atomic E-state index is 0.693. The Labute approximate surface area is 119 Å². The van der Waals surface area contributed by atoms with Crippen LogP contribution in [-0.4, -0.2) is 29.6 Å². The zero-order valence-electron chi connectivity index (χ0n) is 11.8. The number of hydrogen-bond donors (Lipinski definition) is 1. The molecule has 104 valence electrons. The molecule has 1 aromatic carbocycles. The van der Waals surface area contributed by atoms with Gasteiger partial charge in [-0.25, -0.2) is 4.98 Å². The summed E-state index contributed by atoms with van der Waals surface area (Å²) in [5, 5.41) is 4.27. The van der Waals surface area contributed by atoms with Crippen LogP contribution in [0, 0.1) is 5.92 Å². The highest BCUT2D eigenvalue weighted by Gasteiger charge is 2.35. The third-order valence-corrected chi connectivity index (χ3v) is 4.22. The molecule has 0 aliphatic heterocycles. The quantitative estimate of drug-likeness (QED) is 0.905. The van der Waals surface area contributed by atoms with Crippen molar-refractivity contribution in [2.24, 2.45) is 5.92 Å². The van der Waals surface area contributed by atoms with E-state index in [0.717, 1.165) is 29.7 Å². The minimum Gasteiger partial charge on any atom is -0.357 e. The SMILES string of the molecule is CNc1nc(N(CC2CC2)C2CC2)c2ccccc2n1. The monoisotopic (exact) mass is 268 g/mol. The number of anilines is 2. The van der Waals surface area contributed by atoms with E-state index in [1.165, 1.54) is 31.1 Å². The zero-order valence-corrected chi connectivity index (χ0v) is 11.8. The van der Waals surface area contributed by atoms with Crippen LogP contribution in [0.5, 0.6) is 0 Å². The van der Waals surface area contributed by atoms with Crippen molar-refractivity contribution in [2.45, 2.75) is 31.7 Å². The molecule has 4 nitrogen and oxygen atoms in total. The van der Waals surface area contributed by atoms with Crippen molar-refractivity contribution in [1.29, 1.82) is 0 Å². The Kier molecular flexibility index (Phi) is 2.76. The fraction of sp³-hybridized carbons (Fsp3) is 0.500. The second-order valence-electron chi connectivity index (χ2n) is 5.96. The van der Waals surface area contributed by atoms with E-state index in [-0.39, 0.29) is 0 Å². The van der Waals surface area contributed by atoms with E-state index in [2.05, 4.69) is 33.4 Å². The summed E-state index contributed by atoms with van der Waals surface area (Å²) >= 11 is 0. The third-order valence-electron chi connectivity index (χ3n) is 4.22. The molecular weight excluding hydrogens is 248 g/mol. The lowest BCUT2D eigenvalue weighted by atomic mass is 10.2.